The Labute approximate surface area is 105 Å². The van der Waals surface area contributed by atoms with Crippen LogP contribution < -0.4 is 5.56 Å². The average Bonchev–Trinajstić information content (AvgIpc) is 2.38. The first-order chi connectivity index (χ1) is 8.63. The fourth-order valence-corrected chi connectivity index (χ4v) is 2.37. The summed E-state index contributed by atoms with van der Waals surface area (Å²) in [6.07, 6.45) is 3.26. The Morgan fingerprint density at radius 1 is 1.61 bits per heavy atom. The standard InChI is InChI=1S/C12H17N3O3/c1-2-14-7-3-4-9(8-14)15-11(16)10(12(17)18)5-6-13-15/h5-6,9H,2-4,7-8H2,1H3,(H,17,18)/t9-/m0/s1. The number of carboxylic acid groups (broad SMARTS) is 1. The molecule has 0 amide bonds. The summed E-state index contributed by atoms with van der Waals surface area (Å²) in [6, 6.07) is 1.23. The largest absolute Gasteiger partial charge is 0.477 e. The van der Waals surface area contributed by atoms with Crippen LogP contribution in [0.15, 0.2) is 17.1 Å². The Kier molecular flexibility index (Phi) is 3.76. The maximum atomic E-state index is 12.0. The molecule has 0 aliphatic carbocycles. The summed E-state index contributed by atoms with van der Waals surface area (Å²) in [5, 5.41) is 13.0. The zero-order valence-corrected chi connectivity index (χ0v) is 10.4. The number of rotatable bonds is 3. The zero-order chi connectivity index (χ0) is 13.1. The highest BCUT2D eigenvalue weighted by Gasteiger charge is 2.23. The minimum Gasteiger partial charge on any atom is -0.477 e. The number of aromatic nitrogens is 2. The highest BCUT2D eigenvalue weighted by molar-refractivity contribution is 5.86. The lowest BCUT2D eigenvalue weighted by atomic mass is 10.1. The molecule has 0 unspecified atom stereocenters. The van der Waals surface area contributed by atoms with Gasteiger partial charge in [-0.25, -0.2) is 9.48 Å². The number of hydrogen-bond acceptors (Lipinski definition) is 4. The summed E-state index contributed by atoms with van der Waals surface area (Å²) in [6.45, 7) is 4.79. The lowest BCUT2D eigenvalue weighted by Crippen LogP contribution is -2.41. The summed E-state index contributed by atoms with van der Waals surface area (Å²) >= 11 is 0. The number of likely N-dealkylation sites (N-methyl/N-ethyl adjacent to an activating group) is 1. The van der Waals surface area contributed by atoms with Crippen LogP contribution in [-0.4, -0.2) is 45.4 Å². The molecule has 1 aliphatic rings. The van der Waals surface area contributed by atoms with E-state index in [1.54, 1.807) is 0 Å². The molecule has 1 fully saturated rings. The Balaban J connectivity index is 2.31. The summed E-state index contributed by atoms with van der Waals surface area (Å²) in [7, 11) is 0. The first-order valence-electron chi connectivity index (χ1n) is 6.17. The molecule has 1 aromatic rings. The van der Waals surface area contributed by atoms with Gasteiger partial charge in [-0.2, -0.15) is 5.10 Å². The van der Waals surface area contributed by atoms with Crippen LogP contribution in [0.2, 0.25) is 0 Å². The van der Waals surface area contributed by atoms with Crippen molar-refractivity contribution in [1.82, 2.24) is 14.7 Å². The molecular formula is C12H17N3O3. The van der Waals surface area contributed by atoms with Crippen LogP contribution in [0.25, 0.3) is 0 Å². The van der Waals surface area contributed by atoms with Crippen molar-refractivity contribution in [2.45, 2.75) is 25.8 Å². The van der Waals surface area contributed by atoms with Gasteiger partial charge in [0, 0.05) is 12.7 Å². The van der Waals surface area contributed by atoms with Gasteiger partial charge in [0.1, 0.15) is 5.56 Å². The van der Waals surface area contributed by atoms with Crippen LogP contribution >= 0.6 is 0 Å². The highest BCUT2D eigenvalue weighted by atomic mass is 16.4. The van der Waals surface area contributed by atoms with E-state index in [0.29, 0.717) is 0 Å². The third-order valence-corrected chi connectivity index (χ3v) is 3.37. The van der Waals surface area contributed by atoms with E-state index in [4.69, 9.17) is 5.11 Å². The van der Waals surface area contributed by atoms with Gasteiger partial charge < -0.3 is 10.0 Å². The van der Waals surface area contributed by atoms with Crippen LogP contribution in [0.1, 0.15) is 36.2 Å². The van der Waals surface area contributed by atoms with Gasteiger partial charge in [0.2, 0.25) is 0 Å². The van der Waals surface area contributed by atoms with E-state index >= 15 is 0 Å². The van der Waals surface area contributed by atoms with Crippen LogP contribution in [0, 0.1) is 0 Å². The molecule has 1 aromatic heterocycles. The Bertz CT molecular complexity index is 498. The van der Waals surface area contributed by atoms with Crippen molar-refractivity contribution in [3.05, 3.63) is 28.2 Å². The second kappa shape index (κ2) is 5.30. The molecule has 6 heteroatoms. The van der Waals surface area contributed by atoms with Gasteiger partial charge >= 0.3 is 5.97 Å². The molecule has 0 aromatic carbocycles. The van der Waals surface area contributed by atoms with Crippen LogP contribution in [0.4, 0.5) is 0 Å². The van der Waals surface area contributed by atoms with Crippen LogP contribution in [0.5, 0.6) is 0 Å². The molecule has 2 rings (SSSR count). The van der Waals surface area contributed by atoms with Crippen molar-refractivity contribution in [2.75, 3.05) is 19.6 Å². The molecule has 2 heterocycles. The topological polar surface area (TPSA) is 75.4 Å². The van der Waals surface area contributed by atoms with E-state index in [1.165, 1.54) is 16.9 Å². The normalized spacial score (nSPS) is 20.8. The quantitative estimate of drug-likeness (QED) is 0.851. The van der Waals surface area contributed by atoms with Gasteiger partial charge in [0.05, 0.1) is 6.04 Å². The van der Waals surface area contributed by atoms with Gasteiger partial charge in [0.15, 0.2) is 0 Å². The molecule has 0 radical (unpaired) electrons. The maximum absolute atomic E-state index is 12.0. The third kappa shape index (κ3) is 2.43. The molecule has 1 atom stereocenters. The Hall–Kier alpha value is -1.69. The second-order valence-corrected chi connectivity index (χ2v) is 4.49. The Morgan fingerprint density at radius 3 is 3.06 bits per heavy atom. The van der Waals surface area contributed by atoms with Crippen molar-refractivity contribution < 1.29 is 9.90 Å². The summed E-state index contributed by atoms with van der Waals surface area (Å²) in [4.78, 5) is 25.2. The summed E-state index contributed by atoms with van der Waals surface area (Å²) < 4.78 is 1.32. The van der Waals surface area contributed by atoms with Gasteiger partial charge in [-0.15, -0.1) is 0 Å². The van der Waals surface area contributed by atoms with Crippen LogP contribution in [-0.2, 0) is 0 Å². The molecule has 0 spiro atoms. The number of piperidine rings is 1. The minimum absolute atomic E-state index is 0.0227. The van der Waals surface area contributed by atoms with Gasteiger partial charge in [-0.05, 0) is 32.0 Å². The third-order valence-electron chi connectivity index (χ3n) is 3.37. The molecule has 1 saturated heterocycles. The molecule has 0 bridgehead atoms. The number of likely N-dealkylation sites (tertiary alicyclic amines) is 1. The fraction of sp³-hybridized carbons (Fsp3) is 0.583. The van der Waals surface area contributed by atoms with Crippen molar-refractivity contribution in [3.63, 3.8) is 0 Å². The van der Waals surface area contributed by atoms with Crippen molar-refractivity contribution >= 4 is 5.97 Å². The first-order valence-corrected chi connectivity index (χ1v) is 6.17. The molecule has 1 N–H and O–H groups in total. The van der Waals surface area contributed by atoms with Gasteiger partial charge in [0.25, 0.3) is 5.56 Å². The van der Waals surface area contributed by atoms with E-state index in [9.17, 15) is 9.59 Å². The van der Waals surface area contributed by atoms with Crippen molar-refractivity contribution in [1.29, 1.82) is 0 Å². The predicted molar refractivity (Wildman–Crippen MR) is 65.8 cm³/mol. The number of carbonyl (C=O) groups is 1. The first kappa shape index (κ1) is 12.8. The summed E-state index contributed by atoms with van der Waals surface area (Å²) in [5.41, 5.74) is -0.716. The van der Waals surface area contributed by atoms with Crippen LogP contribution in [0.3, 0.4) is 0 Å². The SMILES string of the molecule is CCN1CCC[C@H](n2nccc(C(=O)O)c2=O)C1. The number of nitrogens with zero attached hydrogens (tertiary/aromatic N) is 3. The fourth-order valence-electron chi connectivity index (χ4n) is 2.37. The second-order valence-electron chi connectivity index (χ2n) is 4.49. The molecule has 18 heavy (non-hydrogen) atoms. The molecular weight excluding hydrogens is 234 g/mol. The molecule has 98 valence electrons. The van der Waals surface area contributed by atoms with E-state index < -0.39 is 11.5 Å². The number of hydrogen-bond donors (Lipinski definition) is 1. The van der Waals surface area contributed by atoms with Gasteiger partial charge in [-0.1, -0.05) is 6.92 Å². The number of carboxylic acids is 1. The van der Waals surface area contributed by atoms with E-state index in [1.807, 2.05) is 0 Å². The van der Waals surface area contributed by atoms with Crippen molar-refractivity contribution in [3.8, 4) is 0 Å². The highest BCUT2D eigenvalue weighted by Crippen LogP contribution is 2.18. The molecule has 1 aliphatic heterocycles. The lowest BCUT2D eigenvalue weighted by Gasteiger charge is -2.32. The zero-order valence-electron chi connectivity index (χ0n) is 10.4. The van der Waals surface area contributed by atoms with E-state index in [-0.39, 0.29) is 11.6 Å². The molecule has 0 saturated carbocycles. The van der Waals surface area contributed by atoms with E-state index in [2.05, 4.69) is 16.9 Å². The minimum atomic E-state index is -1.20. The van der Waals surface area contributed by atoms with Gasteiger partial charge in [-0.3, -0.25) is 4.79 Å². The van der Waals surface area contributed by atoms with E-state index in [0.717, 1.165) is 32.5 Å². The average molecular weight is 251 g/mol. The summed E-state index contributed by atoms with van der Waals surface area (Å²) in [5.74, 6) is -1.20. The monoisotopic (exact) mass is 251 g/mol. The predicted octanol–water partition coefficient (Wildman–Crippen LogP) is 0.598. The Morgan fingerprint density at radius 2 is 2.39 bits per heavy atom. The number of aromatic carboxylic acids is 1. The smallest absolute Gasteiger partial charge is 0.341 e. The van der Waals surface area contributed by atoms with Crippen molar-refractivity contribution in [2.24, 2.45) is 0 Å². The molecule has 6 nitrogen and oxygen atoms in total. The lowest BCUT2D eigenvalue weighted by molar-refractivity contribution is 0.0692. The maximum Gasteiger partial charge on any atom is 0.341 e.